The maximum absolute atomic E-state index is 13.4. The second kappa shape index (κ2) is 5.96. The summed E-state index contributed by atoms with van der Waals surface area (Å²) in [6.07, 6.45) is 3.01. The van der Waals surface area contributed by atoms with Crippen LogP contribution in [-0.2, 0) is 0 Å². The van der Waals surface area contributed by atoms with Crippen LogP contribution in [0.15, 0.2) is 54.6 Å². The van der Waals surface area contributed by atoms with E-state index in [1.165, 1.54) is 18.2 Å². The minimum Gasteiger partial charge on any atom is -0.497 e. The van der Waals surface area contributed by atoms with Gasteiger partial charge in [0.05, 0.1) is 12.7 Å². The van der Waals surface area contributed by atoms with Crippen LogP contribution >= 0.6 is 0 Å². The van der Waals surface area contributed by atoms with Crippen LogP contribution in [-0.4, -0.2) is 12.9 Å². The molecule has 0 aromatic heterocycles. The molecular weight excluding hydrogens is 243 g/mol. The van der Waals surface area contributed by atoms with Gasteiger partial charge < -0.3 is 4.74 Å². The highest BCUT2D eigenvalue weighted by Gasteiger charge is 2.06. The molecule has 0 N–H and O–H groups in total. The number of methoxy groups -OCH3 is 1. The highest BCUT2D eigenvalue weighted by molar-refractivity contribution is 6.06. The molecule has 2 aromatic carbocycles. The van der Waals surface area contributed by atoms with E-state index in [4.69, 9.17) is 4.74 Å². The van der Waals surface area contributed by atoms with E-state index in [0.717, 1.165) is 11.3 Å². The van der Waals surface area contributed by atoms with Crippen LogP contribution in [0.3, 0.4) is 0 Å². The number of halogens is 1. The SMILES string of the molecule is COc1ccc(/C=C/C(=O)c2ccccc2F)cc1. The Morgan fingerprint density at radius 3 is 2.42 bits per heavy atom. The van der Waals surface area contributed by atoms with Crippen molar-refractivity contribution in [3.8, 4) is 5.75 Å². The van der Waals surface area contributed by atoms with Crippen LogP contribution in [0.25, 0.3) is 6.08 Å². The molecule has 0 bridgehead atoms. The topological polar surface area (TPSA) is 26.3 Å². The molecule has 3 heteroatoms. The van der Waals surface area contributed by atoms with Crippen molar-refractivity contribution in [3.63, 3.8) is 0 Å². The lowest BCUT2D eigenvalue weighted by Crippen LogP contribution is -1.97. The van der Waals surface area contributed by atoms with E-state index in [0.29, 0.717) is 0 Å². The van der Waals surface area contributed by atoms with Crippen molar-refractivity contribution < 1.29 is 13.9 Å². The predicted octanol–water partition coefficient (Wildman–Crippen LogP) is 3.73. The zero-order valence-electron chi connectivity index (χ0n) is 10.5. The zero-order chi connectivity index (χ0) is 13.7. The first-order valence-corrected chi connectivity index (χ1v) is 5.81. The molecule has 0 fully saturated rings. The Labute approximate surface area is 111 Å². The summed E-state index contributed by atoms with van der Waals surface area (Å²) in [6.45, 7) is 0. The molecular formula is C16H13FO2. The summed E-state index contributed by atoms with van der Waals surface area (Å²) in [5.41, 5.74) is 0.928. The van der Waals surface area contributed by atoms with Gasteiger partial charge >= 0.3 is 0 Å². The highest BCUT2D eigenvalue weighted by Crippen LogP contribution is 2.13. The van der Waals surface area contributed by atoms with Crippen LogP contribution in [0.5, 0.6) is 5.75 Å². The van der Waals surface area contributed by atoms with Crippen LogP contribution < -0.4 is 4.74 Å². The molecule has 0 aliphatic carbocycles. The molecule has 0 spiro atoms. The zero-order valence-corrected chi connectivity index (χ0v) is 10.5. The van der Waals surface area contributed by atoms with Gasteiger partial charge in [0.2, 0.25) is 0 Å². The number of benzene rings is 2. The summed E-state index contributed by atoms with van der Waals surface area (Å²) in [7, 11) is 1.59. The van der Waals surface area contributed by atoms with E-state index in [-0.39, 0.29) is 11.3 Å². The van der Waals surface area contributed by atoms with Crippen molar-refractivity contribution in [1.82, 2.24) is 0 Å². The quantitative estimate of drug-likeness (QED) is 0.615. The van der Waals surface area contributed by atoms with Crippen LogP contribution in [0.4, 0.5) is 4.39 Å². The number of rotatable bonds is 4. The molecule has 0 aliphatic rings. The van der Waals surface area contributed by atoms with Gasteiger partial charge in [0.15, 0.2) is 5.78 Å². The molecule has 19 heavy (non-hydrogen) atoms. The van der Waals surface area contributed by atoms with Crippen LogP contribution in [0.1, 0.15) is 15.9 Å². The average molecular weight is 256 g/mol. The molecule has 0 amide bonds. The van der Waals surface area contributed by atoms with Gasteiger partial charge in [0, 0.05) is 0 Å². The van der Waals surface area contributed by atoms with Gasteiger partial charge in [-0.2, -0.15) is 0 Å². The van der Waals surface area contributed by atoms with Crippen molar-refractivity contribution in [2.75, 3.05) is 7.11 Å². The number of hydrogen-bond acceptors (Lipinski definition) is 2. The number of hydrogen-bond donors (Lipinski definition) is 0. The molecule has 0 aliphatic heterocycles. The largest absolute Gasteiger partial charge is 0.497 e. The monoisotopic (exact) mass is 256 g/mol. The second-order valence-corrected chi connectivity index (χ2v) is 3.95. The number of carbonyl (C=O) groups is 1. The molecule has 2 aromatic rings. The summed E-state index contributed by atoms with van der Waals surface area (Å²) in [5.74, 6) is -0.113. The Kier molecular flexibility index (Phi) is 4.08. The van der Waals surface area contributed by atoms with Gasteiger partial charge in [-0.15, -0.1) is 0 Å². The molecule has 0 saturated heterocycles. The first kappa shape index (κ1) is 13.0. The lowest BCUT2D eigenvalue weighted by Gasteiger charge is -1.99. The van der Waals surface area contributed by atoms with Gasteiger partial charge in [-0.25, -0.2) is 4.39 Å². The average Bonchev–Trinajstić information content (AvgIpc) is 2.46. The third kappa shape index (κ3) is 3.28. The molecule has 2 rings (SSSR count). The molecule has 0 unspecified atom stereocenters. The summed E-state index contributed by atoms with van der Waals surface area (Å²) in [6, 6.07) is 13.2. The first-order valence-electron chi connectivity index (χ1n) is 5.81. The van der Waals surface area contributed by atoms with Gasteiger partial charge in [-0.05, 0) is 35.9 Å². The van der Waals surface area contributed by atoms with Gasteiger partial charge in [-0.1, -0.05) is 30.3 Å². The standard InChI is InChI=1S/C16H13FO2/c1-19-13-9-6-12(7-10-13)8-11-16(18)14-4-2-3-5-15(14)17/h2-11H,1H3/b11-8+. The third-order valence-corrected chi connectivity index (χ3v) is 2.68. The lowest BCUT2D eigenvalue weighted by molar-refractivity contribution is 0.104. The van der Waals surface area contributed by atoms with Gasteiger partial charge in [0.25, 0.3) is 0 Å². The third-order valence-electron chi connectivity index (χ3n) is 2.68. The normalized spacial score (nSPS) is 10.6. The fourth-order valence-electron chi connectivity index (χ4n) is 1.64. The van der Waals surface area contributed by atoms with Crippen molar-refractivity contribution >= 4 is 11.9 Å². The molecule has 96 valence electrons. The maximum Gasteiger partial charge on any atom is 0.188 e. The summed E-state index contributed by atoms with van der Waals surface area (Å²) in [4.78, 5) is 11.8. The number of allylic oxidation sites excluding steroid dienone is 1. The van der Waals surface area contributed by atoms with Crippen LogP contribution in [0.2, 0.25) is 0 Å². The molecule has 0 heterocycles. The smallest absolute Gasteiger partial charge is 0.188 e. The lowest BCUT2D eigenvalue weighted by atomic mass is 10.1. The fourth-order valence-corrected chi connectivity index (χ4v) is 1.64. The van der Waals surface area contributed by atoms with E-state index in [2.05, 4.69) is 0 Å². The van der Waals surface area contributed by atoms with E-state index >= 15 is 0 Å². The Balaban J connectivity index is 2.14. The van der Waals surface area contributed by atoms with Gasteiger partial charge in [-0.3, -0.25) is 4.79 Å². The van der Waals surface area contributed by atoms with Crippen molar-refractivity contribution in [2.24, 2.45) is 0 Å². The minimum atomic E-state index is -0.508. The first-order chi connectivity index (χ1) is 9.20. The number of carbonyl (C=O) groups excluding carboxylic acids is 1. The van der Waals surface area contributed by atoms with Crippen molar-refractivity contribution in [2.45, 2.75) is 0 Å². The van der Waals surface area contributed by atoms with E-state index in [1.807, 2.05) is 12.1 Å². The molecule has 2 nitrogen and oxygen atoms in total. The highest BCUT2D eigenvalue weighted by atomic mass is 19.1. The summed E-state index contributed by atoms with van der Waals surface area (Å²) >= 11 is 0. The number of ether oxygens (including phenoxy) is 1. The Morgan fingerprint density at radius 1 is 1.11 bits per heavy atom. The van der Waals surface area contributed by atoms with Crippen LogP contribution in [0, 0.1) is 5.82 Å². The predicted molar refractivity (Wildman–Crippen MR) is 72.8 cm³/mol. The Bertz CT molecular complexity index is 600. The van der Waals surface area contributed by atoms with E-state index in [1.54, 1.807) is 37.5 Å². The maximum atomic E-state index is 13.4. The Morgan fingerprint density at radius 2 is 1.79 bits per heavy atom. The van der Waals surface area contributed by atoms with E-state index in [9.17, 15) is 9.18 Å². The summed E-state index contributed by atoms with van der Waals surface area (Å²) < 4.78 is 18.4. The summed E-state index contributed by atoms with van der Waals surface area (Å²) in [5, 5.41) is 0. The van der Waals surface area contributed by atoms with Gasteiger partial charge in [0.1, 0.15) is 11.6 Å². The molecule has 0 atom stereocenters. The van der Waals surface area contributed by atoms with E-state index < -0.39 is 5.82 Å². The fraction of sp³-hybridized carbons (Fsp3) is 0.0625. The number of ketones is 1. The molecule has 0 saturated carbocycles. The van der Waals surface area contributed by atoms with Crippen molar-refractivity contribution in [3.05, 3.63) is 71.6 Å². The Hall–Kier alpha value is -2.42. The second-order valence-electron chi connectivity index (χ2n) is 3.95. The van der Waals surface area contributed by atoms with Crippen molar-refractivity contribution in [1.29, 1.82) is 0 Å². The minimum absolute atomic E-state index is 0.0762. The molecule has 0 radical (unpaired) electrons.